The lowest BCUT2D eigenvalue weighted by Crippen LogP contribution is -2.18. The van der Waals surface area contributed by atoms with Crippen LogP contribution in [0.5, 0.6) is 0 Å². The molecule has 3 N–H and O–H groups in total. The van der Waals surface area contributed by atoms with Crippen molar-refractivity contribution >= 4 is 28.8 Å². The molecule has 0 saturated heterocycles. The van der Waals surface area contributed by atoms with E-state index in [9.17, 15) is 4.39 Å². The fourth-order valence-corrected chi connectivity index (χ4v) is 3.11. The summed E-state index contributed by atoms with van der Waals surface area (Å²) in [6, 6.07) is 8.34. The second-order valence-corrected chi connectivity index (χ2v) is 6.47. The first-order valence-corrected chi connectivity index (χ1v) is 7.38. The minimum atomic E-state index is -0.379. The van der Waals surface area contributed by atoms with Gasteiger partial charge in [0.2, 0.25) is 0 Å². The first kappa shape index (κ1) is 15.8. The van der Waals surface area contributed by atoms with Gasteiger partial charge >= 0.3 is 0 Å². The van der Waals surface area contributed by atoms with Crippen LogP contribution in [0, 0.1) is 5.82 Å². The maximum Gasteiger partial charge on any atom is 0.170 e. The average Bonchev–Trinajstić information content (AvgIpc) is 2.85. The molecule has 0 bridgehead atoms. The number of thiophene rings is 1. The topological polar surface area (TPSA) is 61.8 Å². The highest BCUT2D eigenvalue weighted by molar-refractivity contribution is 7.16. The van der Waals surface area contributed by atoms with Gasteiger partial charge in [0.15, 0.2) is 5.84 Å². The van der Waals surface area contributed by atoms with E-state index in [2.05, 4.69) is 5.16 Å². The van der Waals surface area contributed by atoms with E-state index in [0.29, 0.717) is 24.2 Å². The molecule has 2 rings (SSSR count). The Labute approximate surface area is 131 Å². The summed E-state index contributed by atoms with van der Waals surface area (Å²) in [6.45, 7) is 1.15. The molecule has 0 radical (unpaired) electrons. The molecular formula is C14H15ClFN3OS. The van der Waals surface area contributed by atoms with Crippen molar-refractivity contribution in [1.82, 2.24) is 4.90 Å². The Hall–Kier alpha value is -1.63. The fourth-order valence-electron chi connectivity index (χ4n) is 1.94. The summed E-state index contributed by atoms with van der Waals surface area (Å²) in [4.78, 5) is 3.11. The number of halogens is 2. The molecule has 2 aromatic rings. The van der Waals surface area contributed by atoms with Crippen molar-refractivity contribution in [3.05, 3.63) is 56.5 Å². The molecule has 1 heterocycles. The van der Waals surface area contributed by atoms with Gasteiger partial charge in [0.05, 0.1) is 4.34 Å². The standard InChI is InChI=1S/C14H15ClFN3OS/c1-19(8-11-4-5-13(15)21-11)7-10-3-2-9(6-12(10)16)14(17)18-20/h2-6,20H,7-8H2,1H3,(H2,17,18). The van der Waals surface area contributed by atoms with Gasteiger partial charge in [0.25, 0.3) is 0 Å². The maximum atomic E-state index is 14.0. The lowest BCUT2D eigenvalue weighted by atomic mass is 10.1. The smallest absolute Gasteiger partial charge is 0.170 e. The average molecular weight is 328 g/mol. The highest BCUT2D eigenvalue weighted by Gasteiger charge is 2.10. The molecule has 4 nitrogen and oxygen atoms in total. The summed E-state index contributed by atoms with van der Waals surface area (Å²) >= 11 is 7.40. The molecule has 0 spiro atoms. The highest BCUT2D eigenvalue weighted by atomic mass is 35.5. The summed E-state index contributed by atoms with van der Waals surface area (Å²) in [5, 5.41) is 11.4. The summed E-state index contributed by atoms with van der Waals surface area (Å²) < 4.78 is 14.8. The van der Waals surface area contributed by atoms with Gasteiger partial charge < -0.3 is 10.9 Å². The quantitative estimate of drug-likeness (QED) is 0.383. The molecule has 0 aliphatic heterocycles. The molecule has 7 heteroatoms. The van der Waals surface area contributed by atoms with Gasteiger partial charge in [-0.1, -0.05) is 28.9 Å². The molecule has 112 valence electrons. The Morgan fingerprint density at radius 2 is 2.14 bits per heavy atom. The molecule has 0 unspecified atom stereocenters. The molecular weight excluding hydrogens is 313 g/mol. The number of hydrogen-bond donors (Lipinski definition) is 2. The van der Waals surface area contributed by atoms with Gasteiger partial charge in [-0.05, 0) is 25.2 Å². The van der Waals surface area contributed by atoms with E-state index in [-0.39, 0.29) is 11.7 Å². The fraction of sp³-hybridized carbons (Fsp3) is 0.214. The van der Waals surface area contributed by atoms with Crippen LogP contribution >= 0.6 is 22.9 Å². The van der Waals surface area contributed by atoms with Crippen LogP contribution in [0.4, 0.5) is 4.39 Å². The van der Waals surface area contributed by atoms with Crippen LogP contribution in [0.1, 0.15) is 16.0 Å². The zero-order valence-corrected chi connectivity index (χ0v) is 13.0. The predicted octanol–water partition coefficient (Wildman–Crippen LogP) is 3.27. The van der Waals surface area contributed by atoms with Crippen molar-refractivity contribution in [2.75, 3.05) is 7.05 Å². The van der Waals surface area contributed by atoms with Gasteiger partial charge in [0.1, 0.15) is 5.82 Å². The van der Waals surface area contributed by atoms with E-state index in [1.54, 1.807) is 12.1 Å². The van der Waals surface area contributed by atoms with E-state index in [1.165, 1.54) is 17.4 Å². The second-order valence-electron chi connectivity index (χ2n) is 4.67. The number of oxime groups is 1. The van der Waals surface area contributed by atoms with Gasteiger partial charge in [-0.25, -0.2) is 4.39 Å². The Kier molecular flexibility index (Phi) is 5.17. The van der Waals surface area contributed by atoms with Gasteiger partial charge in [-0.15, -0.1) is 11.3 Å². The molecule has 0 saturated carbocycles. The van der Waals surface area contributed by atoms with Crippen LogP contribution in [-0.2, 0) is 13.1 Å². The molecule has 0 fully saturated rings. The van der Waals surface area contributed by atoms with Crippen molar-refractivity contribution < 1.29 is 9.60 Å². The van der Waals surface area contributed by atoms with Crippen molar-refractivity contribution in [3.63, 3.8) is 0 Å². The van der Waals surface area contributed by atoms with E-state index in [4.69, 9.17) is 22.5 Å². The van der Waals surface area contributed by atoms with Crippen molar-refractivity contribution in [3.8, 4) is 0 Å². The Balaban J connectivity index is 2.05. The summed E-state index contributed by atoms with van der Waals surface area (Å²) in [6.07, 6.45) is 0. The molecule has 0 atom stereocenters. The summed E-state index contributed by atoms with van der Waals surface area (Å²) in [5.74, 6) is -0.489. The number of nitrogens with zero attached hydrogens (tertiary/aromatic N) is 2. The van der Waals surface area contributed by atoms with E-state index in [0.717, 1.165) is 9.21 Å². The van der Waals surface area contributed by atoms with Crippen molar-refractivity contribution in [2.24, 2.45) is 10.9 Å². The zero-order chi connectivity index (χ0) is 15.4. The molecule has 21 heavy (non-hydrogen) atoms. The van der Waals surface area contributed by atoms with Crippen LogP contribution in [-0.4, -0.2) is 23.0 Å². The van der Waals surface area contributed by atoms with E-state index in [1.807, 2.05) is 24.1 Å². The number of benzene rings is 1. The van der Waals surface area contributed by atoms with Crippen molar-refractivity contribution in [2.45, 2.75) is 13.1 Å². The normalized spacial score (nSPS) is 12.1. The van der Waals surface area contributed by atoms with E-state index >= 15 is 0 Å². The SMILES string of the molecule is CN(Cc1ccc(Cl)s1)Cc1ccc(C(N)=NO)cc1F. The Morgan fingerprint density at radius 1 is 1.38 bits per heavy atom. The van der Waals surface area contributed by atoms with Crippen LogP contribution in [0.25, 0.3) is 0 Å². The number of amidine groups is 1. The Bertz CT molecular complexity index is 659. The second kappa shape index (κ2) is 6.89. The first-order chi connectivity index (χ1) is 9.99. The number of rotatable bonds is 5. The van der Waals surface area contributed by atoms with Gasteiger partial charge in [-0.3, -0.25) is 4.90 Å². The van der Waals surface area contributed by atoms with Crippen LogP contribution < -0.4 is 5.73 Å². The summed E-state index contributed by atoms with van der Waals surface area (Å²) in [5.41, 5.74) is 6.33. The third-order valence-corrected chi connectivity index (χ3v) is 4.17. The molecule has 0 amide bonds. The minimum absolute atomic E-state index is 0.109. The monoisotopic (exact) mass is 327 g/mol. The lowest BCUT2D eigenvalue weighted by molar-refractivity contribution is 0.316. The Morgan fingerprint density at radius 3 is 2.71 bits per heavy atom. The van der Waals surface area contributed by atoms with Crippen LogP contribution in [0.3, 0.4) is 0 Å². The van der Waals surface area contributed by atoms with E-state index < -0.39 is 0 Å². The van der Waals surface area contributed by atoms with Crippen molar-refractivity contribution in [1.29, 1.82) is 0 Å². The minimum Gasteiger partial charge on any atom is -0.409 e. The number of hydrogen-bond acceptors (Lipinski definition) is 4. The maximum absolute atomic E-state index is 14.0. The number of nitrogens with two attached hydrogens (primary N) is 1. The van der Waals surface area contributed by atoms with Crippen LogP contribution in [0.15, 0.2) is 35.5 Å². The third kappa shape index (κ3) is 4.17. The largest absolute Gasteiger partial charge is 0.409 e. The van der Waals surface area contributed by atoms with Gasteiger partial charge in [0, 0.05) is 29.1 Å². The molecule has 0 aliphatic carbocycles. The third-order valence-electron chi connectivity index (χ3n) is 2.95. The molecule has 1 aromatic heterocycles. The summed E-state index contributed by atoms with van der Waals surface area (Å²) in [7, 11) is 1.91. The first-order valence-electron chi connectivity index (χ1n) is 6.18. The molecule has 1 aromatic carbocycles. The van der Waals surface area contributed by atoms with Gasteiger partial charge in [-0.2, -0.15) is 0 Å². The highest BCUT2D eigenvalue weighted by Crippen LogP contribution is 2.23. The lowest BCUT2D eigenvalue weighted by Gasteiger charge is -2.16. The molecule has 0 aliphatic rings. The van der Waals surface area contributed by atoms with Crippen LogP contribution in [0.2, 0.25) is 4.34 Å². The predicted molar refractivity (Wildman–Crippen MR) is 83.4 cm³/mol. The zero-order valence-electron chi connectivity index (χ0n) is 11.4.